The van der Waals surface area contributed by atoms with E-state index in [0.717, 1.165) is 41.8 Å². The number of nitrogens with one attached hydrogen (secondary N) is 1. The highest BCUT2D eigenvalue weighted by Crippen LogP contribution is 2.32. The van der Waals surface area contributed by atoms with Crippen LogP contribution in [0.15, 0.2) is 42.5 Å². The number of anilines is 1. The van der Waals surface area contributed by atoms with Gasteiger partial charge in [-0.25, -0.2) is 8.42 Å². The van der Waals surface area contributed by atoms with Crippen LogP contribution < -0.4 is 19.1 Å². The van der Waals surface area contributed by atoms with E-state index in [1.165, 1.54) is 25.2 Å². The van der Waals surface area contributed by atoms with Crippen molar-refractivity contribution in [3.05, 3.63) is 53.1 Å². The van der Waals surface area contributed by atoms with Crippen molar-refractivity contribution in [2.75, 3.05) is 31.3 Å². The minimum atomic E-state index is -3.87. The number of sulfonamides is 1. The molecule has 0 radical (unpaired) electrons. The van der Waals surface area contributed by atoms with Gasteiger partial charge in [0.05, 0.1) is 26.2 Å². The predicted octanol–water partition coefficient (Wildman–Crippen LogP) is 3.99. The normalized spacial score (nSPS) is 14.6. The molecule has 38 heavy (non-hydrogen) atoms. The topological polar surface area (TPSA) is 105 Å². The Balaban J connectivity index is 1.94. The van der Waals surface area contributed by atoms with E-state index in [1.807, 2.05) is 6.92 Å². The van der Waals surface area contributed by atoms with E-state index in [-0.39, 0.29) is 24.2 Å². The second-order valence-corrected chi connectivity index (χ2v) is 11.7. The van der Waals surface area contributed by atoms with Crippen LogP contribution in [0.1, 0.15) is 44.6 Å². The molecule has 0 aliphatic heterocycles. The van der Waals surface area contributed by atoms with Crippen LogP contribution in [0.5, 0.6) is 11.5 Å². The number of rotatable bonds is 12. The smallest absolute Gasteiger partial charge is 0.244 e. The van der Waals surface area contributed by atoms with Gasteiger partial charge in [0, 0.05) is 23.7 Å². The molecular formula is C27H36ClN3O6S. The van der Waals surface area contributed by atoms with Crippen molar-refractivity contribution >= 4 is 39.1 Å². The lowest BCUT2D eigenvalue weighted by Crippen LogP contribution is -2.53. The predicted molar refractivity (Wildman–Crippen MR) is 148 cm³/mol. The van der Waals surface area contributed by atoms with Crippen molar-refractivity contribution in [2.45, 2.75) is 57.7 Å². The summed E-state index contributed by atoms with van der Waals surface area (Å²) >= 11 is 6.04. The lowest BCUT2D eigenvalue weighted by atomic mass is 10.1. The Hall–Kier alpha value is -2.98. The molecule has 1 saturated carbocycles. The van der Waals surface area contributed by atoms with Crippen LogP contribution in [0.25, 0.3) is 0 Å². The van der Waals surface area contributed by atoms with Gasteiger partial charge in [-0.2, -0.15) is 0 Å². The zero-order valence-corrected chi connectivity index (χ0v) is 23.8. The van der Waals surface area contributed by atoms with Gasteiger partial charge >= 0.3 is 0 Å². The molecule has 11 heteroatoms. The second kappa shape index (κ2) is 13.2. The van der Waals surface area contributed by atoms with Crippen molar-refractivity contribution in [2.24, 2.45) is 0 Å². The quantitative estimate of drug-likeness (QED) is 0.417. The summed E-state index contributed by atoms with van der Waals surface area (Å²) in [6.07, 6.45) is 5.34. The largest absolute Gasteiger partial charge is 0.493 e. The van der Waals surface area contributed by atoms with Crippen molar-refractivity contribution in [3.63, 3.8) is 0 Å². The van der Waals surface area contributed by atoms with Gasteiger partial charge in [-0.3, -0.25) is 13.9 Å². The van der Waals surface area contributed by atoms with E-state index in [1.54, 1.807) is 36.4 Å². The summed E-state index contributed by atoms with van der Waals surface area (Å²) in [6.45, 7) is 1.47. The number of hydrogen-bond acceptors (Lipinski definition) is 6. The van der Waals surface area contributed by atoms with Crippen molar-refractivity contribution in [1.82, 2.24) is 10.2 Å². The van der Waals surface area contributed by atoms with Crippen LogP contribution in [0, 0.1) is 0 Å². The minimum absolute atomic E-state index is 0.0864. The molecule has 208 valence electrons. The highest BCUT2D eigenvalue weighted by Gasteiger charge is 2.33. The molecule has 1 fully saturated rings. The van der Waals surface area contributed by atoms with Crippen LogP contribution >= 0.6 is 11.6 Å². The van der Waals surface area contributed by atoms with E-state index < -0.39 is 28.5 Å². The lowest BCUT2D eigenvalue weighted by Gasteiger charge is -2.33. The third-order valence-corrected chi connectivity index (χ3v) is 8.08. The average Bonchev–Trinajstić information content (AvgIpc) is 3.40. The van der Waals surface area contributed by atoms with Crippen molar-refractivity contribution in [1.29, 1.82) is 0 Å². The highest BCUT2D eigenvalue weighted by atomic mass is 35.5. The minimum Gasteiger partial charge on any atom is -0.493 e. The number of carbonyl (C=O) groups excluding carboxylic acids is 2. The van der Waals surface area contributed by atoms with Crippen LogP contribution in [-0.2, 0) is 26.2 Å². The van der Waals surface area contributed by atoms with Gasteiger partial charge in [0.2, 0.25) is 21.8 Å². The number of nitrogens with zero attached hydrogens (tertiary/aromatic N) is 2. The Morgan fingerprint density at radius 1 is 1.05 bits per heavy atom. The number of halogens is 1. The third-order valence-electron chi connectivity index (χ3n) is 6.69. The fourth-order valence-electron chi connectivity index (χ4n) is 4.67. The van der Waals surface area contributed by atoms with E-state index in [4.69, 9.17) is 21.1 Å². The van der Waals surface area contributed by atoms with E-state index in [9.17, 15) is 18.0 Å². The summed E-state index contributed by atoms with van der Waals surface area (Å²) in [5, 5.41) is 3.64. The van der Waals surface area contributed by atoms with E-state index >= 15 is 0 Å². The summed E-state index contributed by atoms with van der Waals surface area (Å²) in [7, 11) is -0.947. The zero-order valence-electron chi connectivity index (χ0n) is 22.3. The van der Waals surface area contributed by atoms with Crippen LogP contribution in [0.4, 0.5) is 5.69 Å². The fraction of sp³-hybridized carbons (Fsp3) is 0.481. The van der Waals surface area contributed by atoms with Crippen molar-refractivity contribution < 1.29 is 27.5 Å². The molecule has 1 atom stereocenters. The molecule has 3 rings (SSSR count). The van der Waals surface area contributed by atoms with E-state index in [0.29, 0.717) is 22.9 Å². The van der Waals surface area contributed by atoms with Crippen molar-refractivity contribution in [3.8, 4) is 11.5 Å². The summed E-state index contributed by atoms with van der Waals surface area (Å²) < 4.78 is 37.3. The molecule has 9 nitrogen and oxygen atoms in total. The molecule has 2 aromatic carbocycles. The Bertz CT molecular complexity index is 1220. The highest BCUT2D eigenvalue weighted by molar-refractivity contribution is 7.92. The Kier molecular flexibility index (Phi) is 10.3. The molecule has 1 N–H and O–H groups in total. The molecule has 0 heterocycles. The lowest BCUT2D eigenvalue weighted by molar-refractivity contribution is -0.140. The maximum Gasteiger partial charge on any atom is 0.244 e. The second-order valence-electron chi connectivity index (χ2n) is 9.37. The van der Waals surface area contributed by atoms with Gasteiger partial charge in [0.1, 0.15) is 12.6 Å². The zero-order chi connectivity index (χ0) is 27.9. The summed E-state index contributed by atoms with van der Waals surface area (Å²) in [6, 6.07) is 10.9. The first kappa shape index (κ1) is 29.6. The number of carbonyl (C=O) groups is 2. The summed E-state index contributed by atoms with van der Waals surface area (Å²) in [5.41, 5.74) is 1.01. The number of hydrogen-bond donors (Lipinski definition) is 1. The number of ether oxygens (including phenoxy) is 2. The molecule has 0 unspecified atom stereocenters. The Labute approximate surface area is 230 Å². The monoisotopic (exact) mass is 565 g/mol. The molecule has 2 aromatic rings. The standard InChI is InChI=1S/C27H36ClN3O6S/c1-5-23(27(33)29-21-8-6-7-9-21)30(17-19-10-12-20(28)13-11-19)26(32)18-31(38(4,34)35)22-14-15-24(36-2)25(16-22)37-3/h10-16,21,23H,5-9,17-18H2,1-4H3,(H,29,33)/t23-/m0/s1. The van der Waals surface area contributed by atoms with Gasteiger partial charge in [-0.05, 0) is 49.1 Å². The molecule has 2 amide bonds. The molecule has 0 spiro atoms. The maximum absolute atomic E-state index is 13.8. The first-order chi connectivity index (χ1) is 18.1. The SMILES string of the molecule is CC[C@@H](C(=O)NC1CCCC1)N(Cc1ccc(Cl)cc1)C(=O)CN(c1ccc(OC)c(OC)c1)S(C)(=O)=O. The molecular weight excluding hydrogens is 530 g/mol. The maximum atomic E-state index is 13.8. The number of benzene rings is 2. The summed E-state index contributed by atoms with van der Waals surface area (Å²) in [5.74, 6) is 0.00818. The van der Waals surface area contributed by atoms with Crippen LogP contribution in [0.2, 0.25) is 5.02 Å². The van der Waals surface area contributed by atoms with Gasteiger partial charge in [-0.1, -0.05) is 43.5 Å². The van der Waals surface area contributed by atoms with Gasteiger partial charge in [0.15, 0.2) is 11.5 Å². The molecule has 0 aromatic heterocycles. The third kappa shape index (κ3) is 7.54. The molecule has 0 bridgehead atoms. The van der Waals surface area contributed by atoms with E-state index in [2.05, 4.69) is 5.32 Å². The van der Waals surface area contributed by atoms with Gasteiger partial charge < -0.3 is 19.7 Å². The van der Waals surface area contributed by atoms with Crippen LogP contribution in [-0.4, -0.2) is 64.2 Å². The fourth-order valence-corrected chi connectivity index (χ4v) is 5.63. The Morgan fingerprint density at radius 3 is 2.24 bits per heavy atom. The molecule has 1 aliphatic rings. The summed E-state index contributed by atoms with van der Waals surface area (Å²) in [4.78, 5) is 28.6. The molecule has 1 aliphatic carbocycles. The van der Waals surface area contributed by atoms with Crippen LogP contribution in [0.3, 0.4) is 0 Å². The molecule has 0 saturated heterocycles. The van der Waals surface area contributed by atoms with Gasteiger partial charge in [-0.15, -0.1) is 0 Å². The number of methoxy groups -OCH3 is 2. The first-order valence-corrected chi connectivity index (χ1v) is 14.8. The first-order valence-electron chi connectivity index (χ1n) is 12.6. The number of amides is 2. The average molecular weight is 566 g/mol. The Morgan fingerprint density at radius 2 is 1.68 bits per heavy atom. The van der Waals surface area contributed by atoms with Gasteiger partial charge in [0.25, 0.3) is 0 Å².